The van der Waals surface area contributed by atoms with Gasteiger partial charge in [0.15, 0.2) is 0 Å². The Morgan fingerprint density at radius 3 is 2.18 bits per heavy atom. The van der Waals surface area contributed by atoms with Gasteiger partial charge in [-0.2, -0.15) is 13.2 Å². The van der Waals surface area contributed by atoms with Crippen molar-refractivity contribution >= 4 is 5.91 Å². The van der Waals surface area contributed by atoms with Gasteiger partial charge in [-0.3, -0.25) is 9.59 Å². The molecule has 2 aromatic rings. The Kier molecular flexibility index (Phi) is 4.35. The third-order valence-electron chi connectivity index (χ3n) is 3.07. The number of primary amides is 1. The lowest BCUT2D eigenvalue weighted by Crippen LogP contribution is -2.22. The summed E-state index contributed by atoms with van der Waals surface area (Å²) in [4.78, 5) is 22.4. The maximum atomic E-state index is 12.7. The summed E-state index contributed by atoms with van der Waals surface area (Å²) < 4.78 is 39.0. The molecule has 0 saturated carbocycles. The third kappa shape index (κ3) is 3.97. The van der Waals surface area contributed by atoms with Crippen LogP contribution in [0, 0.1) is 0 Å². The molecule has 116 valence electrons. The van der Waals surface area contributed by atoms with Gasteiger partial charge in [0.05, 0.1) is 18.5 Å². The van der Waals surface area contributed by atoms with Gasteiger partial charge < -0.3 is 10.3 Å². The zero-order valence-electron chi connectivity index (χ0n) is 11.4. The van der Waals surface area contributed by atoms with Crippen LogP contribution in [-0.2, 0) is 23.9 Å². The summed E-state index contributed by atoms with van der Waals surface area (Å²) in [5.74, 6) is -0.471. The Morgan fingerprint density at radius 1 is 1.05 bits per heavy atom. The summed E-state index contributed by atoms with van der Waals surface area (Å²) >= 11 is 0. The summed E-state index contributed by atoms with van der Waals surface area (Å²) in [5.41, 5.74) is 5.03. The van der Waals surface area contributed by atoms with E-state index in [4.69, 9.17) is 5.73 Å². The summed E-state index contributed by atoms with van der Waals surface area (Å²) in [5, 5.41) is 0. The van der Waals surface area contributed by atoms with Crippen molar-refractivity contribution in [2.45, 2.75) is 19.1 Å². The van der Waals surface area contributed by atoms with E-state index in [1.807, 2.05) is 0 Å². The number of rotatable bonds is 4. The van der Waals surface area contributed by atoms with Gasteiger partial charge in [-0.25, -0.2) is 0 Å². The van der Waals surface area contributed by atoms with Crippen molar-refractivity contribution in [3.8, 4) is 0 Å². The summed E-state index contributed by atoms with van der Waals surface area (Å²) in [7, 11) is 0. The molecule has 1 heterocycles. The number of halogens is 3. The number of nitrogens with zero attached hydrogens (tertiary/aromatic N) is 1. The van der Waals surface area contributed by atoms with E-state index in [2.05, 4.69) is 0 Å². The second-order valence-corrected chi connectivity index (χ2v) is 4.84. The molecule has 0 aliphatic rings. The zero-order valence-corrected chi connectivity index (χ0v) is 11.4. The molecule has 2 N–H and O–H groups in total. The lowest BCUT2D eigenvalue weighted by molar-refractivity contribution is -0.138. The van der Waals surface area contributed by atoms with Crippen LogP contribution < -0.4 is 11.3 Å². The van der Waals surface area contributed by atoms with E-state index >= 15 is 0 Å². The molecule has 1 aromatic heterocycles. The molecular formula is C15H13F3N2O2. The lowest BCUT2D eigenvalue weighted by Gasteiger charge is -2.11. The van der Waals surface area contributed by atoms with E-state index in [1.165, 1.54) is 0 Å². The number of pyridine rings is 1. The number of amides is 1. The first-order chi connectivity index (χ1) is 10.3. The number of benzene rings is 1. The Bertz CT molecular complexity index is 734. The predicted octanol–water partition coefficient (Wildman–Crippen LogP) is 1.94. The van der Waals surface area contributed by atoms with Gasteiger partial charge in [0.25, 0.3) is 5.56 Å². The smallest absolute Gasteiger partial charge is 0.369 e. The highest BCUT2D eigenvalue weighted by Crippen LogP contribution is 2.28. The second-order valence-electron chi connectivity index (χ2n) is 4.84. The van der Waals surface area contributed by atoms with Crippen LogP contribution in [0.4, 0.5) is 13.2 Å². The van der Waals surface area contributed by atoms with Gasteiger partial charge in [0, 0.05) is 12.3 Å². The number of hydrogen-bond donors (Lipinski definition) is 1. The van der Waals surface area contributed by atoms with Gasteiger partial charge in [-0.05, 0) is 17.2 Å². The fourth-order valence-corrected chi connectivity index (χ4v) is 1.98. The Hall–Kier alpha value is -2.57. The third-order valence-corrected chi connectivity index (χ3v) is 3.07. The minimum atomic E-state index is -4.50. The highest BCUT2D eigenvalue weighted by Gasteiger charge is 2.31. The van der Waals surface area contributed by atoms with Crippen molar-refractivity contribution in [1.82, 2.24) is 4.57 Å². The number of alkyl halides is 3. The first-order valence-electron chi connectivity index (χ1n) is 6.39. The van der Waals surface area contributed by atoms with Crippen LogP contribution >= 0.6 is 0 Å². The maximum absolute atomic E-state index is 12.7. The minimum Gasteiger partial charge on any atom is -0.369 e. The molecule has 1 amide bonds. The highest BCUT2D eigenvalue weighted by atomic mass is 19.4. The van der Waals surface area contributed by atoms with Crippen LogP contribution in [0.5, 0.6) is 0 Å². The van der Waals surface area contributed by atoms with Crippen molar-refractivity contribution in [3.63, 3.8) is 0 Å². The standard InChI is InChI=1S/C15H13F3N2O2/c16-15(17,18)12-5-6-14(22)20(9-12)8-11-3-1-10(2-4-11)7-13(19)21/h1-6,9H,7-8H2,(H2,19,21). The van der Waals surface area contributed by atoms with Gasteiger partial charge in [-0.15, -0.1) is 0 Å². The molecular weight excluding hydrogens is 297 g/mol. The van der Waals surface area contributed by atoms with Crippen molar-refractivity contribution in [1.29, 1.82) is 0 Å². The molecule has 0 unspecified atom stereocenters. The van der Waals surface area contributed by atoms with E-state index in [0.29, 0.717) is 11.1 Å². The van der Waals surface area contributed by atoms with E-state index in [1.54, 1.807) is 24.3 Å². The van der Waals surface area contributed by atoms with E-state index < -0.39 is 23.2 Å². The highest BCUT2D eigenvalue weighted by molar-refractivity contribution is 5.76. The van der Waals surface area contributed by atoms with E-state index in [9.17, 15) is 22.8 Å². The fraction of sp³-hybridized carbons (Fsp3) is 0.200. The fourth-order valence-electron chi connectivity index (χ4n) is 1.98. The molecule has 0 fully saturated rings. The Morgan fingerprint density at radius 2 is 1.64 bits per heavy atom. The van der Waals surface area contributed by atoms with E-state index in [-0.39, 0.29) is 13.0 Å². The van der Waals surface area contributed by atoms with Gasteiger partial charge in [0.2, 0.25) is 5.91 Å². The number of carbonyl (C=O) groups is 1. The maximum Gasteiger partial charge on any atom is 0.417 e. The molecule has 4 nitrogen and oxygen atoms in total. The van der Waals surface area contributed by atoms with Crippen LogP contribution in [0.3, 0.4) is 0 Å². The Balaban J connectivity index is 2.23. The molecule has 2 rings (SSSR count). The van der Waals surface area contributed by atoms with Gasteiger partial charge >= 0.3 is 6.18 Å². The molecule has 0 radical (unpaired) electrons. The Labute approximate surface area is 124 Å². The molecule has 0 saturated heterocycles. The van der Waals surface area contributed by atoms with Crippen LogP contribution in [-0.4, -0.2) is 10.5 Å². The first kappa shape index (κ1) is 15.8. The minimum absolute atomic E-state index is 0.0135. The topological polar surface area (TPSA) is 65.1 Å². The number of carbonyl (C=O) groups excluding carboxylic acids is 1. The van der Waals surface area contributed by atoms with Gasteiger partial charge in [-0.1, -0.05) is 24.3 Å². The predicted molar refractivity (Wildman–Crippen MR) is 74.1 cm³/mol. The summed E-state index contributed by atoms with van der Waals surface area (Å²) in [6.45, 7) is 0.0135. The molecule has 1 aromatic carbocycles. The largest absolute Gasteiger partial charge is 0.417 e. The van der Waals surface area contributed by atoms with Crippen molar-refractivity contribution < 1.29 is 18.0 Å². The van der Waals surface area contributed by atoms with Crippen LogP contribution in [0.1, 0.15) is 16.7 Å². The van der Waals surface area contributed by atoms with Crippen LogP contribution in [0.2, 0.25) is 0 Å². The normalized spacial score (nSPS) is 11.4. The van der Waals surface area contributed by atoms with Crippen LogP contribution in [0.25, 0.3) is 0 Å². The zero-order chi connectivity index (χ0) is 16.3. The quantitative estimate of drug-likeness (QED) is 0.938. The number of hydrogen-bond acceptors (Lipinski definition) is 2. The van der Waals surface area contributed by atoms with Crippen molar-refractivity contribution in [3.05, 3.63) is 69.6 Å². The average Bonchev–Trinajstić information content (AvgIpc) is 2.41. The van der Waals surface area contributed by atoms with E-state index in [0.717, 1.165) is 22.9 Å². The first-order valence-corrected chi connectivity index (χ1v) is 6.39. The summed E-state index contributed by atoms with van der Waals surface area (Å²) in [6, 6.07) is 8.24. The molecule has 22 heavy (non-hydrogen) atoms. The number of aromatic nitrogens is 1. The van der Waals surface area contributed by atoms with Crippen LogP contribution in [0.15, 0.2) is 47.4 Å². The molecule has 0 atom stereocenters. The molecule has 0 spiro atoms. The molecule has 0 aliphatic carbocycles. The monoisotopic (exact) mass is 310 g/mol. The van der Waals surface area contributed by atoms with Crippen molar-refractivity contribution in [2.75, 3.05) is 0 Å². The number of nitrogens with two attached hydrogens (primary N) is 1. The van der Waals surface area contributed by atoms with Crippen molar-refractivity contribution in [2.24, 2.45) is 5.73 Å². The molecule has 0 bridgehead atoms. The molecule has 0 aliphatic heterocycles. The SMILES string of the molecule is NC(=O)Cc1ccc(Cn2cc(C(F)(F)F)ccc2=O)cc1. The second kappa shape index (κ2) is 6.05. The van der Waals surface area contributed by atoms with Gasteiger partial charge in [0.1, 0.15) is 0 Å². The average molecular weight is 310 g/mol. The summed E-state index contributed by atoms with van der Waals surface area (Å²) in [6.07, 6.45) is -3.62. The molecule has 7 heteroatoms. The lowest BCUT2D eigenvalue weighted by atomic mass is 10.1.